The minimum absolute atomic E-state index is 0.0679. The fraction of sp³-hybridized carbons (Fsp3) is 0.611. The summed E-state index contributed by atoms with van der Waals surface area (Å²) < 4.78 is 0. The third kappa shape index (κ3) is 3.46. The molecule has 1 aliphatic heterocycles. The minimum Gasteiger partial charge on any atom is -0.324 e. The van der Waals surface area contributed by atoms with E-state index in [1.165, 1.54) is 25.7 Å². The number of hydrogen-bond donors (Lipinski definition) is 1. The van der Waals surface area contributed by atoms with Gasteiger partial charge in [-0.1, -0.05) is 24.6 Å². The second-order valence-electron chi connectivity index (χ2n) is 6.71. The molecule has 0 unspecified atom stereocenters. The minimum atomic E-state index is 0.0679. The number of amides is 1. The van der Waals surface area contributed by atoms with Crippen molar-refractivity contribution in [3.05, 3.63) is 29.3 Å². The Bertz CT molecular complexity index is 502. The smallest absolute Gasteiger partial charge is 0.241 e. The molecule has 1 saturated heterocycles. The van der Waals surface area contributed by atoms with E-state index in [1.807, 2.05) is 6.07 Å². The van der Waals surface area contributed by atoms with Crippen LogP contribution < -0.4 is 5.32 Å². The summed E-state index contributed by atoms with van der Waals surface area (Å²) in [5, 5.41) is 3.19. The van der Waals surface area contributed by atoms with Crippen LogP contribution in [0.15, 0.2) is 18.2 Å². The number of nitrogens with zero attached hydrogens (tertiary/aromatic N) is 1. The molecular formula is C18H26N2O. The number of rotatable bonds is 4. The van der Waals surface area contributed by atoms with Crippen LogP contribution in [0.2, 0.25) is 0 Å². The summed E-state index contributed by atoms with van der Waals surface area (Å²) in [6, 6.07) is 6.23. The lowest BCUT2D eigenvalue weighted by Gasteiger charge is -2.35. The lowest BCUT2D eigenvalue weighted by molar-refractivity contribution is -0.122. The molecule has 3 nitrogen and oxygen atoms in total. The summed E-state index contributed by atoms with van der Waals surface area (Å²) >= 11 is 0. The Balaban J connectivity index is 1.70. The van der Waals surface area contributed by atoms with Crippen LogP contribution in [0.1, 0.15) is 43.2 Å². The highest BCUT2D eigenvalue weighted by molar-refractivity contribution is 5.96. The molecule has 0 aromatic heterocycles. The molecule has 3 rings (SSSR count). The summed E-state index contributed by atoms with van der Waals surface area (Å²) in [6.07, 6.45) is 6.11. The molecular weight excluding hydrogens is 260 g/mol. The van der Waals surface area contributed by atoms with Crippen molar-refractivity contribution in [3.63, 3.8) is 0 Å². The van der Waals surface area contributed by atoms with Crippen LogP contribution in [-0.2, 0) is 4.79 Å². The number of piperidine rings is 1. The number of carbonyl (C=O) groups excluding carboxylic acids is 1. The van der Waals surface area contributed by atoms with E-state index < -0.39 is 0 Å². The highest BCUT2D eigenvalue weighted by Crippen LogP contribution is 2.32. The molecule has 1 heterocycles. The van der Waals surface area contributed by atoms with Gasteiger partial charge in [-0.05, 0) is 63.1 Å². The Morgan fingerprint density at radius 2 is 1.90 bits per heavy atom. The van der Waals surface area contributed by atoms with Gasteiger partial charge in [-0.3, -0.25) is 9.69 Å². The largest absolute Gasteiger partial charge is 0.324 e. The normalized spacial score (nSPS) is 23.0. The fourth-order valence-electron chi connectivity index (χ4n) is 3.36. The number of nitrogens with one attached hydrogen (secondary N) is 1. The van der Waals surface area contributed by atoms with Gasteiger partial charge in [0, 0.05) is 12.2 Å². The van der Waals surface area contributed by atoms with Crippen LogP contribution in [-0.4, -0.2) is 29.9 Å². The van der Waals surface area contributed by atoms with E-state index in [9.17, 15) is 4.79 Å². The van der Waals surface area contributed by atoms with Crippen molar-refractivity contribution in [2.75, 3.05) is 18.4 Å². The zero-order chi connectivity index (χ0) is 14.8. The Morgan fingerprint density at radius 3 is 2.57 bits per heavy atom. The van der Waals surface area contributed by atoms with Crippen molar-refractivity contribution in [3.8, 4) is 0 Å². The molecule has 1 amide bonds. The SMILES string of the molecule is Cc1cccc(C)c1NC(=O)[C@H]1CCCCN1CC1CC1. The van der Waals surface area contributed by atoms with Crippen LogP contribution in [0.5, 0.6) is 0 Å². The van der Waals surface area contributed by atoms with Gasteiger partial charge < -0.3 is 5.32 Å². The van der Waals surface area contributed by atoms with Gasteiger partial charge >= 0.3 is 0 Å². The molecule has 1 aromatic rings. The van der Waals surface area contributed by atoms with Gasteiger partial charge in [0.25, 0.3) is 0 Å². The predicted molar refractivity (Wildman–Crippen MR) is 86.5 cm³/mol. The topological polar surface area (TPSA) is 32.3 Å². The Morgan fingerprint density at radius 1 is 1.19 bits per heavy atom. The summed E-state index contributed by atoms with van der Waals surface area (Å²) in [7, 11) is 0. The zero-order valence-electron chi connectivity index (χ0n) is 13.2. The van der Waals surface area contributed by atoms with Crippen LogP contribution in [0.3, 0.4) is 0 Å². The zero-order valence-corrected chi connectivity index (χ0v) is 13.2. The second kappa shape index (κ2) is 6.18. The first-order chi connectivity index (χ1) is 10.1. The van der Waals surface area contributed by atoms with Gasteiger partial charge in [-0.15, -0.1) is 0 Å². The van der Waals surface area contributed by atoms with Gasteiger partial charge in [-0.2, -0.15) is 0 Å². The Kier molecular flexibility index (Phi) is 4.29. The van der Waals surface area contributed by atoms with E-state index >= 15 is 0 Å². The van der Waals surface area contributed by atoms with E-state index in [2.05, 4.69) is 36.2 Å². The highest BCUT2D eigenvalue weighted by Gasteiger charge is 2.33. The standard InChI is InChI=1S/C18H26N2O/c1-13-6-5-7-14(2)17(13)19-18(21)16-8-3-4-11-20(16)12-15-9-10-15/h5-7,15-16H,3-4,8-12H2,1-2H3,(H,19,21)/t16-/m1/s1. The van der Waals surface area contributed by atoms with E-state index in [1.54, 1.807) is 0 Å². The number of hydrogen-bond acceptors (Lipinski definition) is 2. The first-order valence-corrected chi connectivity index (χ1v) is 8.26. The number of benzene rings is 1. The number of likely N-dealkylation sites (tertiary alicyclic amines) is 1. The Labute approximate surface area is 127 Å². The average molecular weight is 286 g/mol. The number of aryl methyl sites for hydroxylation is 2. The summed E-state index contributed by atoms with van der Waals surface area (Å²) in [5.41, 5.74) is 3.29. The molecule has 1 aliphatic carbocycles. The van der Waals surface area contributed by atoms with Crippen LogP contribution in [0.4, 0.5) is 5.69 Å². The quantitative estimate of drug-likeness (QED) is 0.918. The molecule has 0 bridgehead atoms. The third-order valence-electron chi connectivity index (χ3n) is 4.84. The third-order valence-corrected chi connectivity index (χ3v) is 4.84. The van der Waals surface area contributed by atoms with Crippen molar-refractivity contribution < 1.29 is 4.79 Å². The van der Waals surface area contributed by atoms with Gasteiger partial charge in [0.1, 0.15) is 0 Å². The number of anilines is 1. The number of para-hydroxylation sites is 1. The molecule has 2 fully saturated rings. The van der Waals surface area contributed by atoms with Gasteiger partial charge in [-0.25, -0.2) is 0 Å². The van der Waals surface area contributed by atoms with E-state index in [-0.39, 0.29) is 11.9 Å². The molecule has 3 heteroatoms. The maximum Gasteiger partial charge on any atom is 0.241 e. The monoisotopic (exact) mass is 286 g/mol. The molecule has 21 heavy (non-hydrogen) atoms. The predicted octanol–water partition coefficient (Wildman–Crippen LogP) is 3.51. The molecule has 1 N–H and O–H groups in total. The van der Waals surface area contributed by atoms with E-state index in [4.69, 9.17) is 0 Å². The van der Waals surface area contributed by atoms with Gasteiger partial charge in [0.05, 0.1) is 6.04 Å². The van der Waals surface area contributed by atoms with Gasteiger partial charge in [0.2, 0.25) is 5.91 Å². The van der Waals surface area contributed by atoms with Crippen molar-refractivity contribution in [2.45, 2.75) is 52.0 Å². The molecule has 1 aromatic carbocycles. The van der Waals surface area contributed by atoms with Crippen LogP contribution >= 0.6 is 0 Å². The molecule has 0 spiro atoms. The van der Waals surface area contributed by atoms with Crippen molar-refractivity contribution in [2.24, 2.45) is 5.92 Å². The highest BCUT2D eigenvalue weighted by atomic mass is 16.2. The molecule has 0 radical (unpaired) electrons. The maximum atomic E-state index is 12.7. The average Bonchev–Trinajstić information content (AvgIpc) is 3.27. The van der Waals surface area contributed by atoms with Gasteiger partial charge in [0.15, 0.2) is 0 Å². The van der Waals surface area contributed by atoms with Crippen LogP contribution in [0, 0.1) is 19.8 Å². The first kappa shape index (κ1) is 14.6. The fourth-order valence-corrected chi connectivity index (χ4v) is 3.36. The van der Waals surface area contributed by atoms with E-state index in [0.29, 0.717) is 0 Å². The van der Waals surface area contributed by atoms with Crippen molar-refractivity contribution >= 4 is 11.6 Å². The van der Waals surface area contributed by atoms with Crippen molar-refractivity contribution in [1.29, 1.82) is 0 Å². The summed E-state index contributed by atoms with van der Waals surface area (Å²) in [4.78, 5) is 15.2. The molecule has 114 valence electrons. The summed E-state index contributed by atoms with van der Waals surface area (Å²) in [6.45, 7) is 6.32. The lowest BCUT2D eigenvalue weighted by Crippen LogP contribution is -2.48. The molecule has 1 saturated carbocycles. The van der Waals surface area contributed by atoms with Crippen molar-refractivity contribution in [1.82, 2.24) is 4.90 Å². The number of carbonyl (C=O) groups is 1. The molecule has 2 aliphatic rings. The van der Waals surface area contributed by atoms with Crippen LogP contribution in [0.25, 0.3) is 0 Å². The lowest BCUT2D eigenvalue weighted by atomic mass is 10.00. The molecule has 1 atom stereocenters. The maximum absolute atomic E-state index is 12.7. The Hall–Kier alpha value is -1.35. The van der Waals surface area contributed by atoms with E-state index in [0.717, 1.165) is 42.2 Å². The first-order valence-electron chi connectivity index (χ1n) is 8.26. The summed E-state index contributed by atoms with van der Waals surface area (Å²) in [5.74, 6) is 1.03. The second-order valence-corrected chi connectivity index (χ2v) is 6.71.